The van der Waals surface area contributed by atoms with E-state index < -0.39 is 0 Å². The van der Waals surface area contributed by atoms with E-state index in [9.17, 15) is 14.4 Å². The fraction of sp³-hybridized carbons (Fsp3) is 0.350. The van der Waals surface area contributed by atoms with E-state index in [1.165, 1.54) is 6.92 Å². The van der Waals surface area contributed by atoms with Gasteiger partial charge in [-0.1, -0.05) is 19.9 Å². The van der Waals surface area contributed by atoms with Crippen LogP contribution in [-0.4, -0.2) is 29.1 Å². The number of hydrogen-bond acceptors (Lipinski definition) is 3. The van der Waals surface area contributed by atoms with Crippen LogP contribution in [0.15, 0.2) is 24.3 Å². The molecule has 0 radical (unpaired) electrons. The van der Waals surface area contributed by atoms with Gasteiger partial charge in [0, 0.05) is 29.1 Å². The SMILES string of the molecule is CCCNC(=O)c1cccc(NC(=O)c2[nH]c(C)c(C(C)=O)c2CC)c1. The zero-order chi connectivity index (χ0) is 19.3. The summed E-state index contributed by atoms with van der Waals surface area (Å²) in [6, 6.07) is 6.78. The molecular formula is C20H25N3O3. The Morgan fingerprint density at radius 2 is 1.85 bits per heavy atom. The molecule has 1 aromatic carbocycles. The number of Topliss-reactive ketones (excluding diaryl/α,β-unsaturated/α-hetero) is 1. The molecule has 6 nitrogen and oxygen atoms in total. The lowest BCUT2D eigenvalue weighted by molar-refractivity contribution is 0.0951. The summed E-state index contributed by atoms with van der Waals surface area (Å²) < 4.78 is 0. The molecule has 0 unspecified atom stereocenters. The third-order valence-corrected chi connectivity index (χ3v) is 4.14. The number of aryl methyl sites for hydroxylation is 1. The smallest absolute Gasteiger partial charge is 0.272 e. The highest BCUT2D eigenvalue weighted by Gasteiger charge is 2.21. The van der Waals surface area contributed by atoms with Crippen LogP contribution in [0.4, 0.5) is 5.69 Å². The van der Waals surface area contributed by atoms with Crippen LogP contribution in [0.2, 0.25) is 0 Å². The van der Waals surface area contributed by atoms with Crippen LogP contribution in [0.3, 0.4) is 0 Å². The number of H-pyrrole nitrogens is 1. The summed E-state index contributed by atoms with van der Waals surface area (Å²) in [5.41, 5.74) is 3.37. The molecular weight excluding hydrogens is 330 g/mol. The number of nitrogens with one attached hydrogen (secondary N) is 3. The number of benzene rings is 1. The number of rotatable bonds is 7. The van der Waals surface area contributed by atoms with E-state index in [-0.39, 0.29) is 17.6 Å². The molecule has 0 spiro atoms. The second kappa shape index (κ2) is 8.47. The molecule has 138 valence electrons. The lowest BCUT2D eigenvalue weighted by atomic mass is 10.0. The predicted octanol–water partition coefficient (Wildman–Crippen LogP) is 3.48. The standard InChI is InChI=1S/C20H25N3O3/c1-5-10-21-19(25)14-8-7-9-15(11-14)23-20(26)18-16(6-2)17(13(4)24)12(3)22-18/h7-9,11,22H,5-6,10H2,1-4H3,(H,21,25)(H,23,26). The minimum atomic E-state index is -0.330. The quantitative estimate of drug-likeness (QED) is 0.664. The Hall–Kier alpha value is -2.89. The van der Waals surface area contributed by atoms with Crippen LogP contribution in [-0.2, 0) is 6.42 Å². The topological polar surface area (TPSA) is 91.1 Å². The number of hydrogen-bond donors (Lipinski definition) is 3. The number of ketones is 1. The number of amides is 2. The third-order valence-electron chi connectivity index (χ3n) is 4.14. The van der Waals surface area contributed by atoms with Crippen molar-refractivity contribution in [2.45, 2.75) is 40.5 Å². The summed E-state index contributed by atoms with van der Waals surface area (Å²) in [5.74, 6) is -0.570. The second-order valence-corrected chi connectivity index (χ2v) is 6.18. The first-order valence-electron chi connectivity index (χ1n) is 8.81. The van der Waals surface area contributed by atoms with Gasteiger partial charge in [-0.25, -0.2) is 0 Å². The highest BCUT2D eigenvalue weighted by Crippen LogP contribution is 2.22. The Morgan fingerprint density at radius 3 is 2.46 bits per heavy atom. The summed E-state index contributed by atoms with van der Waals surface area (Å²) >= 11 is 0. The zero-order valence-electron chi connectivity index (χ0n) is 15.7. The number of carbonyl (C=O) groups is 3. The Kier molecular flexibility index (Phi) is 6.33. The fourth-order valence-electron chi connectivity index (χ4n) is 2.97. The van der Waals surface area contributed by atoms with Crippen molar-refractivity contribution in [3.05, 3.63) is 52.3 Å². The minimum absolute atomic E-state index is 0.0655. The van der Waals surface area contributed by atoms with Crippen molar-refractivity contribution >= 4 is 23.3 Å². The molecule has 3 N–H and O–H groups in total. The van der Waals surface area contributed by atoms with Gasteiger partial charge in [-0.3, -0.25) is 14.4 Å². The van der Waals surface area contributed by atoms with Crippen LogP contribution in [0.1, 0.15) is 69.7 Å². The maximum Gasteiger partial charge on any atom is 0.272 e. The van der Waals surface area contributed by atoms with Crippen molar-refractivity contribution in [2.75, 3.05) is 11.9 Å². The van der Waals surface area contributed by atoms with Gasteiger partial charge >= 0.3 is 0 Å². The molecule has 0 saturated heterocycles. The highest BCUT2D eigenvalue weighted by molar-refractivity contribution is 6.08. The van der Waals surface area contributed by atoms with Gasteiger partial charge in [0.2, 0.25) is 0 Å². The highest BCUT2D eigenvalue weighted by atomic mass is 16.2. The summed E-state index contributed by atoms with van der Waals surface area (Å²) in [4.78, 5) is 39.6. The Morgan fingerprint density at radius 1 is 1.12 bits per heavy atom. The maximum atomic E-state index is 12.7. The normalized spacial score (nSPS) is 10.5. The van der Waals surface area contributed by atoms with E-state index in [1.54, 1.807) is 31.2 Å². The fourth-order valence-corrected chi connectivity index (χ4v) is 2.97. The Labute approximate surface area is 153 Å². The van der Waals surface area contributed by atoms with Crippen molar-refractivity contribution in [3.63, 3.8) is 0 Å². The molecule has 2 aromatic rings. The van der Waals surface area contributed by atoms with Crippen LogP contribution >= 0.6 is 0 Å². The average Bonchev–Trinajstić information content (AvgIpc) is 2.96. The van der Waals surface area contributed by atoms with Gasteiger partial charge in [0.05, 0.1) is 0 Å². The number of carbonyl (C=O) groups excluding carboxylic acids is 3. The van der Waals surface area contributed by atoms with Gasteiger partial charge in [-0.2, -0.15) is 0 Å². The maximum absolute atomic E-state index is 12.7. The summed E-state index contributed by atoms with van der Waals surface area (Å²) in [7, 11) is 0. The molecule has 2 amide bonds. The van der Waals surface area contributed by atoms with E-state index in [1.807, 2.05) is 13.8 Å². The average molecular weight is 355 g/mol. The largest absolute Gasteiger partial charge is 0.354 e. The molecule has 0 aliphatic rings. The van der Waals surface area contributed by atoms with Gasteiger partial charge in [0.25, 0.3) is 11.8 Å². The zero-order valence-corrected chi connectivity index (χ0v) is 15.7. The molecule has 0 fully saturated rings. The third kappa shape index (κ3) is 4.20. The van der Waals surface area contributed by atoms with E-state index in [0.717, 1.165) is 6.42 Å². The molecule has 0 aliphatic carbocycles. The van der Waals surface area contributed by atoms with Crippen LogP contribution in [0.5, 0.6) is 0 Å². The van der Waals surface area contributed by atoms with E-state index in [2.05, 4.69) is 15.6 Å². The summed E-state index contributed by atoms with van der Waals surface area (Å²) in [6.07, 6.45) is 1.42. The van der Waals surface area contributed by atoms with Gasteiger partial charge in [-0.05, 0) is 50.5 Å². The number of anilines is 1. The van der Waals surface area contributed by atoms with Gasteiger partial charge in [0.1, 0.15) is 5.69 Å². The minimum Gasteiger partial charge on any atom is -0.354 e. The monoisotopic (exact) mass is 355 g/mol. The lowest BCUT2D eigenvalue weighted by Crippen LogP contribution is -2.24. The molecule has 1 aromatic heterocycles. The lowest BCUT2D eigenvalue weighted by Gasteiger charge is -2.08. The molecule has 6 heteroatoms. The molecule has 0 bridgehead atoms. The number of aromatic amines is 1. The Balaban J connectivity index is 2.24. The van der Waals surface area contributed by atoms with Crippen molar-refractivity contribution in [2.24, 2.45) is 0 Å². The summed E-state index contributed by atoms with van der Waals surface area (Å²) in [6.45, 7) is 7.77. The molecule has 0 aliphatic heterocycles. The summed E-state index contributed by atoms with van der Waals surface area (Å²) in [5, 5.41) is 5.61. The Bertz CT molecular complexity index is 837. The van der Waals surface area contributed by atoms with Gasteiger partial charge in [0.15, 0.2) is 5.78 Å². The molecule has 1 heterocycles. The van der Waals surface area contributed by atoms with Crippen LogP contribution in [0, 0.1) is 6.92 Å². The van der Waals surface area contributed by atoms with Gasteiger partial charge < -0.3 is 15.6 Å². The predicted molar refractivity (Wildman–Crippen MR) is 102 cm³/mol. The van der Waals surface area contributed by atoms with E-state index in [4.69, 9.17) is 0 Å². The second-order valence-electron chi connectivity index (χ2n) is 6.18. The van der Waals surface area contributed by atoms with Crippen molar-refractivity contribution in [3.8, 4) is 0 Å². The molecule has 0 saturated carbocycles. The molecule has 26 heavy (non-hydrogen) atoms. The van der Waals surface area contributed by atoms with Crippen molar-refractivity contribution in [1.82, 2.24) is 10.3 Å². The van der Waals surface area contributed by atoms with Crippen LogP contribution < -0.4 is 10.6 Å². The van der Waals surface area contributed by atoms with E-state index in [0.29, 0.717) is 46.7 Å². The van der Waals surface area contributed by atoms with Gasteiger partial charge in [-0.15, -0.1) is 0 Å². The molecule has 2 rings (SSSR count). The first-order valence-corrected chi connectivity index (χ1v) is 8.81. The van der Waals surface area contributed by atoms with E-state index >= 15 is 0 Å². The first-order chi connectivity index (χ1) is 12.4. The number of aromatic nitrogens is 1. The van der Waals surface area contributed by atoms with Crippen molar-refractivity contribution < 1.29 is 14.4 Å². The first kappa shape index (κ1) is 19.4. The van der Waals surface area contributed by atoms with Crippen molar-refractivity contribution in [1.29, 1.82) is 0 Å². The van der Waals surface area contributed by atoms with Crippen LogP contribution in [0.25, 0.3) is 0 Å². The molecule has 0 atom stereocenters.